The molecule has 2 aromatic carbocycles. The van der Waals surface area contributed by atoms with Crippen molar-refractivity contribution in [2.75, 3.05) is 12.4 Å². The van der Waals surface area contributed by atoms with E-state index < -0.39 is 12.1 Å². The van der Waals surface area contributed by atoms with E-state index in [4.69, 9.17) is 9.47 Å². The molecule has 0 aromatic heterocycles. The Morgan fingerprint density at radius 1 is 1.04 bits per heavy atom. The highest BCUT2D eigenvalue weighted by Gasteiger charge is 2.28. The van der Waals surface area contributed by atoms with Gasteiger partial charge in [0.1, 0.15) is 5.75 Å². The van der Waals surface area contributed by atoms with E-state index in [1.54, 1.807) is 49.6 Å². The molecular weight excluding hydrogens is 360 g/mol. The molecule has 1 aliphatic rings. The number of carbonyl (C=O) groups excluding carboxylic acids is 3. The number of para-hydroxylation sites is 1. The van der Waals surface area contributed by atoms with Gasteiger partial charge < -0.3 is 20.1 Å². The van der Waals surface area contributed by atoms with Crippen molar-refractivity contribution >= 4 is 23.5 Å². The number of benzene rings is 2. The van der Waals surface area contributed by atoms with Crippen LogP contribution in [0.3, 0.4) is 0 Å². The van der Waals surface area contributed by atoms with E-state index in [2.05, 4.69) is 10.6 Å². The molecule has 7 heteroatoms. The van der Waals surface area contributed by atoms with Gasteiger partial charge in [-0.05, 0) is 56.2 Å². The molecule has 0 heterocycles. The Kier molecular flexibility index (Phi) is 5.93. The zero-order valence-corrected chi connectivity index (χ0v) is 15.7. The third-order valence-electron chi connectivity index (χ3n) is 4.32. The van der Waals surface area contributed by atoms with Gasteiger partial charge in [0.2, 0.25) is 0 Å². The first kappa shape index (κ1) is 19.4. The largest absolute Gasteiger partial charge is 0.497 e. The standard InChI is InChI=1S/C21H22N2O5/c1-13(19(24)22-15-9-10-15)28-21(26)17-5-3-4-6-18(17)23-20(25)14-7-11-16(27-2)12-8-14/h3-8,11-13,15H,9-10H2,1-2H3,(H,22,24)(H,23,25)/t13-/m0/s1. The first-order valence-corrected chi connectivity index (χ1v) is 9.03. The molecule has 7 nitrogen and oxygen atoms in total. The Hall–Kier alpha value is -3.35. The van der Waals surface area contributed by atoms with Gasteiger partial charge in [0.05, 0.1) is 18.4 Å². The van der Waals surface area contributed by atoms with Gasteiger partial charge in [-0.2, -0.15) is 0 Å². The fourth-order valence-electron chi connectivity index (χ4n) is 2.53. The smallest absolute Gasteiger partial charge is 0.341 e. The Labute approximate surface area is 163 Å². The van der Waals surface area contributed by atoms with Crippen molar-refractivity contribution < 1.29 is 23.9 Å². The molecule has 1 saturated carbocycles. The Bertz CT molecular complexity index is 875. The van der Waals surface area contributed by atoms with Gasteiger partial charge in [0, 0.05) is 11.6 Å². The molecule has 3 rings (SSSR count). The normalized spacial score (nSPS) is 13.9. The van der Waals surface area contributed by atoms with E-state index in [1.807, 2.05) is 0 Å². The number of esters is 1. The number of hydrogen-bond donors (Lipinski definition) is 2. The fourth-order valence-corrected chi connectivity index (χ4v) is 2.53. The zero-order valence-electron chi connectivity index (χ0n) is 15.7. The molecule has 2 N–H and O–H groups in total. The van der Waals surface area contributed by atoms with Gasteiger partial charge in [-0.15, -0.1) is 0 Å². The minimum absolute atomic E-state index is 0.176. The average Bonchev–Trinajstić information content (AvgIpc) is 3.52. The molecule has 0 unspecified atom stereocenters. The first-order chi connectivity index (χ1) is 13.5. The average molecular weight is 382 g/mol. The molecular formula is C21H22N2O5. The van der Waals surface area contributed by atoms with Crippen LogP contribution >= 0.6 is 0 Å². The van der Waals surface area contributed by atoms with Crippen LogP contribution in [0.2, 0.25) is 0 Å². The maximum Gasteiger partial charge on any atom is 0.341 e. The summed E-state index contributed by atoms with van der Waals surface area (Å²) in [6, 6.07) is 13.3. The van der Waals surface area contributed by atoms with Gasteiger partial charge >= 0.3 is 5.97 Å². The van der Waals surface area contributed by atoms with Crippen molar-refractivity contribution in [2.24, 2.45) is 0 Å². The van der Waals surface area contributed by atoms with Crippen LogP contribution in [0.4, 0.5) is 5.69 Å². The summed E-state index contributed by atoms with van der Waals surface area (Å²) < 4.78 is 10.3. The fraction of sp³-hybridized carbons (Fsp3) is 0.286. The Balaban J connectivity index is 1.68. The van der Waals surface area contributed by atoms with E-state index in [-0.39, 0.29) is 23.4 Å². The lowest BCUT2D eigenvalue weighted by Crippen LogP contribution is -2.37. The molecule has 2 amide bonds. The predicted octanol–water partition coefficient (Wildman–Crippen LogP) is 2.77. The third kappa shape index (κ3) is 4.88. The summed E-state index contributed by atoms with van der Waals surface area (Å²) in [6.07, 6.45) is 0.984. The molecule has 28 heavy (non-hydrogen) atoms. The van der Waals surface area contributed by atoms with E-state index in [0.29, 0.717) is 17.0 Å². The highest BCUT2D eigenvalue weighted by atomic mass is 16.5. The number of ether oxygens (including phenoxy) is 2. The lowest BCUT2D eigenvalue weighted by Gasteiger charge is -2.15. The molecule has 1 atom stereocenters. The van der Waals surface area contributed by atoms with Crippen LogP contribution in [-0.4, -0.2) is 37.0 Å². The minimum atomic E-state index is -0.918. The van der Waals surface area contributed by atoms with Crippen molar-refractivity contribution in [2.45, 2.75) is 31.9 Å². The van der Waals surface area contributed by atoms with Crippen LogP contribution in [0.1, 0.15) is 40.5 Å². The molecule has 0 saturated heterocycles. The number of anilines is 1. The number of amides is 2. The minimum Gasteiger partial charge on any atom is -0.497 e. The second kappa shape index (κ2) is 8.56. The third-order valence-corrected chi connectivity index (χ3v) is 4.32. The van der Waals surface area contributed by atoms with Crippen molar-refractivity contribution in [3.63, 3.8) is 0 Å². The quantitative estimate of drug-likeness (QED) is 0.718. The number of nitrogens with one attached hydrogen (secondary N) is 2. The predicted molar refractivity (Wildman–Crippen MR) is 103 cm³/mol. The van der Waals surface area contributed by atoms with Crippen LogP contribution < -0.4 is 15.4 Å². The second-order valence-corrected chi connectivity index (χ2v) is 6.56. The molecule has 0 bridgehead atoms. The highest BCUT2D eigenvalue weighted by molar-refractivity contribution is 6.08. The van der Waals surface area contributed by atoms with Gasteiger partial charge in [0.25, 0.3) is 11.8 Å². The number of rotatable bonds is 7. The maximum atomic E-state index is 12.5. The van der Waals surface area contributed by atoms with E-state index >= 15 is 0 Å². The molecule has 0 spiro atoms. The second-order valence-electron chi connectivity index (χ2n) is 6.56. The van der Waals surface area contributed by atoms with Crippen LogP contribution in [0.15, 0.2) is 48.5 Å². The Morgan fingerprint density at radius 3 is 2.36 bits per heavy atom. The van der Waals surface area contributed by atoms with E-state index in [9.17, 15) is 14.4 Å². The summed E-state index contributed by atoms with van der Waals surface area (Å²) >= 11 is 0. The lowest BCUT2D eigenvalue weighted by atomic mass is 10.1. The summed E-state index contributed by atoms with van der Waals surface area (Å²) in [4.78, 5) is 37.0. The number of hydrogen-bond acceptors (Lipinski definition) is 5. The number of carbonyl (C=O) groups is 3. The van der Waals surface area contributed by atoms with Gasteiger partial charge in [-0.1, -0.05) is 12.1 Å². The molecule has 0 radical (unpaired) electrons. The van der Waals surface area contributed by atoms with Gasteiger partial charge in [-0.25, -0.2) is 4.79 Å². The molecule has 0 aliphatic heterocycles. The van der Waals surface area contributed by atoms with Crippen LogP contribution in [0.25, 0.3) is 0 Å². The molecule has 1 aliphatic carbocycles. The zero-order chi connectivity index (χ0) is 20.1. The molecule has 2 aromatic rings. The highest BCUT2D eigenvalue weighted by Crippen LogP contribution is 2.21. The van der Waals surface area contributed by atoms with Crippen LogP contribution in [0, 0.1) is 0 Å². The SMILES string of the molecule is COc1ccc(C(=O)Nc2ccccc2C(=O)O[C@@H](C)C(=O)NC2CC2)cc1. The molecule has 146 valence electrons. The summed E-state index contributed by atoms with van der Waals surface area (Å²) in [5, 5.41) is 5.50. The topological polar surface area (TPSA) is 93.7 Å². The lowest BCUT2D eigenvalue weighted by molar-refractivity contribution is -0.129. The molecule has 1 fully saturated rings. The van der Waals surface area contributed by atoms with Crippen LogP contribution in [0.5, 0.6) is 5.75 Å². The van der Waals surface area contributed by atoms with Crippen molar-refractivity contribution in [3.05, 3.63) is 59.7 Å². The first-order valence-electron chi connectivity index (χ1n) is 9.03. The Morgan fingerprint density at radius 2 is 1.71 bits per heavy atom. The summed E-state index contributed by atoms with van der Waals surface area (Å²) in [7, 11) is 1.54. The van der Waals surface area contributed by atoms with Gasteiger partial charge in [-0.3, -0.25) is 9.59 Å². The van der Waals surface area contributed by atoms with Crippen molar-refractivity contribution in [1.82, 2.24) is 5.32 Å². The van der Waals surface area contributed by atoms with E-state index in [0.717, 1.165) is 12.8 Å². The van der Waals surface area contributed by atoms with E-state index in [1.165, 1.54) is 13.0 Å². The monoisotopic (exact) mass is 382 g/mol. The number of methoxy groups -OCH3 is 1. The summed E-state index contributed by atoms with van der Waals surface area (Å²) in [6.45, 7) is 1.52. The van der Waals surface area contributed by atoms with Crippen molar-refractivity contribution in [3.8, 4) is 5.75 Å². The van der Waals surface area contributed by atoms with Crippen LogP contribution in [-0.2, 0) is 9.53 Å². The summed E-state index contributed by atoms with van der Waals surface area (Å²) in [5.41, 5.74) is 0.903. The summed E-state index contributed by atoms with van der Waals surface area (Å²) in [5.74, 6) is -0.735. The van der Waals surface area contributed by atoms with Crippen molar-refractivity contribution in [1.29, 1.82) is 0 Å². The maximum absolute atomic E-state index is 12.5. The van der Waals surface area contributed by atoms with Gasteiger partial charge in [0.15, 0.2) is 6.10 Å².